The Balaban J connectivity index is 1.64. The van der Waals surface area contributed by atoms with Gasteiger partial charge in [0.15, 0.2) is 0 Å². The van der Waals surface area contributed by atoms with E-state index < -0.39 is 0 Å². The minimum absolute atomic E-state index is 0.562. The highest BCUT2D eigenvalue weighted by Gasteiger charge is 2.62. The Bertz CT molecular complexity index is 373. The molecule has 0 aromatic rings. The first-order valence-electron chi connectivity index (χ1n) is 8.40. The second-order valence-corrected chi connectivity index (χ2v) is 9.19. The summed E-state index contributed by atoms with van der Waals surface area (Å²) in [5.74, 6) is 1.79. The second-order valence-electron chi connectivity index (χ2n) is 9.19. The van der Waals surface area contributed by atoms with Gasteiger partial charge in [0.25, 0.3) is 0 Å². The third-order valence-electron chi connectivity index (χ3n) is 6.89. The maximum atomic E-state index is 5.91. The summed E-state index contributed by atoms with van der Waals surface area (Å²) in [7, 11) is 0. The summed E-state index contributed by atoms with van der Waals surface area (Å²) in [6.07, 6.45) is 10.3. The molecule has 4 bridgehead atoms. The van der Waals surface area contributed by atoms with Crippen LogP contribution in [0.4, 0.5) is 0 Å². The van der Waals surface area contributed by atoms with Crippen molar-refractivity contribution >= 4 is 0 Å². The van der Waals surface area contributed by atoms with Gasteiger partial charge in [-0.05, 0) is 80.7 Å². The van der Waals surface area contributed by atoms with Gasteiger partial charge in [-0.2, -0.15) is 0 Å². The summed E-state index contributed by atoms with van der Waals surface area (Å²) in [4.78, 5) is 2.88. The lowest BCUT2D eigenvalue weighted by molar-refractivity contribution is -0.157. The summed E-state index contributed by atoms with van der Waals surface area (Å²) in [5, 5.41) is 0. The van der Waals surface area contributed by atoms with Crippen LogP contribution in [0.5, 0.6) is 0 Å². The predicted octanol–water partition coefficient (Wildman–Crippen LogP) is 3.02. The first-order valence-corrected chi connectivity index (χ1v) is 8.40. The van der Waals surface area contributed by atoms with Crippen LogP contribution >= 0.6 is 0 Å². The molecule has 1 aliphatic heterocycles. The Morgan fingerprint density at radius 2 is 1.74 bits per heavy atom. The van der Waals surface area contributed by atoms with Gasteiger partial charge in [-0.1, -0.05) is 13.8 Å². The molecule has 0 amide bonds. The van der Waals surface area contributed by atoms with Gasteiger partial charge >= 0.3 is 0 Å². The molecule has 19 heavy (non-hydrogen) atoms. The molecular weight excluding hydrogens is 232 g/mol. The molecule has 4 saturated carbocycles. The number of likely N-dealkylation sites (tertiary alicyclic amines) is 1. The van der Waals surface area contributed by atoms with Gasteiger partial charge in [0.1, 0.15) is 0 Å². The van der Waals surface area contributed by atoms with Crippen LogP contribution in [-0.4, -0.2) is 30.1 Å². The first-order chi connectivity index (χ1) is 8.94. The van der Waals surface area contributed by atoms with Crippen LogP contribution in [0.15, 0.2) is 0 Å². The summed E-state index contributed by atoms with van der Waals surface area (Å²) < 4.78 is 0. The van der Waals surface area contributed by atoms with Gasteiger partial charge < -0.3 is 5.73 Å². The topological polar surface area (TPSA) is 29.3 Å². The van der Waals surface area contributed by atoms with E-state index in [0.717, 1.165) is 18.4 Å². The summed E-state index contributed by atoms with van der Waals surface area (Å²) in [6.45, 7) is 8.67. The molecule has 0 aromatic carbocycles. The van der Waals surface area contributed by atoms with E-state index >= 15 is 0 Å². The number of hydrogen-bond acceptors (Lipinski definition) is 2. The van der Waals surface area contributed by atoms with Crippen LogP contribution in [0.2, 0.25) is 0 Å². The Morgan fingerprint density at radius 1 is 1.05 bits per heavy atom. The molecule has 4 aliphatic carbocycles. The molecule has 2 nitrogen and oxygen atoms in total. The van der Waals surface area contributed by atoms with Gasteiger partial charge in [-0.25, -0.2) is 0 Å². The van der Waals surface area contributed by atoms with Crippen LogP contribution in [0.1, 0.15) is 58.8 Å². The molecule has 5 fully saturated rings. The van der Waals surface area contributed by atoms with E-state index in [1.807, 2.05) is 0 Å². The summed E-state index contributed by atoms with van der Waals surface area (Å²) >= 11 is 0. The maximum absolute atomic E-state index is 5.91. The van der Waals surface area contributed by atoms with Crippen molar-refractivity contribution < 1.29 is 0 Å². The lowest BCUT2D eigenvalue weighted by Gasteiger charge is -2.67. The molecule has 2 N–H and O–H groups in total. The summed E-state index contributed by atoms with van der Waals surface area (Å²) in [5.41, 5.74) is 7.77. The predicted molar refractivity (Wildman–Crippen MR) is 78.9 cm³/mol. The zero-order valence-electron chi connectivity index (χ0n) is 12.8. The monoisotopic (exact) mass is 262 g/mol. The van der Waals surface area contributed by atoms with Gasteiger partial charge in [0, 0.05) is 12.1 Å². The molecule has 0 radical (unpaired) electrons. The third kappa shape index (κ3) is 1.82. The first kappa shape index (κ1) is 12.6. The van der Waals surface area contributed by atoms with Crippen molar-refractivity contribution in [1.29, 1.82) is 0 Å². The van der Waals surface area contributed by atoms with E-state index in [9.17, 15) is 0 Å². The fraction of sp³-hybridized carbons (Fsp3) is 1.00. The number of hydrogen-bond donors (Lipinski definition) is 1. The third-order valence-corrected chi connectivity index (χ3v) is 6.89. The van der Waals surface area contributed by atoms with Gasteiger partial charge in [0.2, 0.25) is 0 Å². The van der Waals surface area contributed by atoms with E-state index in [1.165, 1.54) is 58.0 Å². The van der Waals surface area contributed by atoms with Crippen molar-refractivity contribution in [2.45, 2.75) is 64.3 Å². The van der Waals surface area contributed by atoms with Crippen LogP contribution in [-0.2, 0) is 0 Å². The molecule has 1 saturated heterocycles. The largest absolute Gasteiger partial charge is 0.330 e. The van der Waals surface area contributed by atoms with E-state index in [4.69, 9.17) is 5.73 Å². The SMILES string of the molecule is CC12CC3CC(C)(C1)CC(N1CCC(CN)C1)(C3)C2. The lowest BCUT2D eigenvalue weighted by atomic mass is 9.42. The van der Waals surface area contributed by atoms with E-state index in [0.29, 0.717) is 16.4 Å². The zero-order chi connectivity index (χ0) is 13.3. The van der Waals surface area contributed by atoms with Crippen LogP contribution in [0.3, 0.4) is 0 Å². The van der Waals surface area contributed by atoms with Crippen LogP contribution < -0.4 is 5.73 Å². The molecule has 3 atom stereocenters. The molecule has 5 rings (SSSR count). The van der Waals surface area contributed by atoms with Crippen LogP contribution in [0.25, 0.3) is 0 Å². The molecule has 5 aliphatic rings. The standard InChI is InChI=1S/C17H30N2/c1-15-5-14-6-16(2,10-15)12-17(7-14,11-15)19-4-3-13(8-18)9-19/h13-14H,3-12,18H2,1-2H3. The van der Waals surface area contributed by atoms with Crippen molar-refractivity contribution in [2.24, 2.45) is 28.4 Å². The van der Waals surface area contributed by atoms with Gasteiger partial charge in [-0.3, -0.25) is 4.90 Å². The van der Waals surface area contributed by atoms with Crippen molar-refractivity contribution in [3.05, 3.63) is 0 Å². The van der Waals surface area contributed by atoms with Crippen molar-refractivity contribution in [1.82, 2.24) is 4.90 Å². The molecule has 108 valence electrons. The van der Waals surface area contributed by atoms with Gasteiger partial charge in [-0.15, -0.1) is 0 Å². The maximum Gasteiger partial charge on any atom is 0.0222 e. The molecule has 3 unspecified atom stereocenters. The Kier molecular flexibility index (Phi) is 2.50. The fourth-order valence-corrected chi connectivity index (χ4v) is 7.20. The van der Waals surface area contributed by atoms with E-state index in [2.05, 4.69) is 18.7 Å². The minimum Gasteiger partial charge on any atom is -0.330 e. The number of nitrogens with two attached hydrogens (primary N) is 1. The highest BCUT2D eigenvalue weighted by atomic mass is 15.2. The molecule has 0 aromatic heterocycles. The fourth-order valence-electron chi connectivity index (χ4n) is 7.20. The van der Waals surface area contributed by atoms with Crippen molar-refractivity contribution in [2.75, 3.05) is 19.6 Å². The Morgan fingerprint density at radius 3 is 2.26 bits per heavy atom. The molecule has 0 spiro atoms. The second kappa shape index (κ2) is 3.76. The molecule has 1 heterocycles. The Labute approximate surface area is 118 Å². The quantitative estimate of drug-likeness (QED) is 0.829. The van der Waals surface area contributed by atoms with Crippen molar-refractivity contribution in [3.8, 4) is 0 Å². The lowest BCUT2D eigenvalue weighted by Crippen LogP contribution is -2.64. The minimum atomic E-state index is 0.562. The van der Waals surface area contributed by atoms with Crippen LogP contribution in [0, 0.1) is 22.7 Å². The average Bonchev–Trinajstić information content (AvgIpc) is 2.72. The normalized spacial score (nSPS) is 57.0. The average molecular weight is 262 g/mol. The Hall–Kier alpha value is -0.0800. The highest BCUT2D eigenvalue weighted by Crippen LogP contribution is 2.67. The highest BCUT2D eigenvalue weighted by molar-refractivity contribution is 5.15. The smallest absolute Gasteiger partial charge is 0.0222 e. The number of nitrogens with zero attached hydrogens (tertiary/aromatic N) is 1. The molecular formula is C17H30N2. The number of rotatable bonds is 2. The van der Waals surface area contributed by atoms with E-state index in [-0.39, 0.29) is 0 Å². The molecule has 2 heteroatoms. The zero-order valence-corrected chi connectivity index (χ0v) is 12.8. The van der Waals surface area contributed by atoms with E-state index in [1.54, 1.807) is 0 Å². The van der Waals surface area contributed by atoms with Crippen molar-refractivity contribution in [3.63, 3.8) is 0 Å². The van der Waals surface area contributed by atoms with Gasteiger partial charge in [0.05, 0.1) is 0 Å². The summed E-state index contributed by atoms with van der Waals surface area (Å²) in [6, 6.07) is 0.